The van der Waals surface area contributed by atoms with Crippen LogP contribution in [0.2, 0.25) is 0 Å². The van der Waals surface area contributed by atoms with Crippen LogP contribution in [0.3, 0.4) is 0 Å². The molecule has 0 atom stereocenters. The van der Waals surface area contributed by atoms with Gasteiger partial charge in [0.25, 0.3) is 0 Å². The van der Waals surface area contributed by atoms with Crippen molar-refractivity contribution in [3.8, 4) is 0 Å². The summed E-state index contributed by atoms with van der Waals surface area (Å²) in [5.74, 6) is -0.651. The number of carbonyl (C=O) groups is 2. The van der Waals surface area contributed by atoms with E-state index in [1.54, 1.807) is 24.3 Å². The van der Waals surface area contributed by atoms with Crippen LogP contribution < -0.4 is 5.73 Å². The third-order valence-corrected chi connectivity index (χ3v) is 2.37. The van der Waals surface area contributed by atoms with E-state index in [1.807, 2.05) is 6.92 Å². The lowest BCUT2D eigenvalue weighted by Gasteiger charge is -2.04. The first-order chi connectivity index (χ1) is 8.13. The minimum absolute atomic E-state index is 0.189. The molecule has 4 heteroatoms. The molecule has 0 spiro atoms. The molecule has 1 aromatic rings. The highest BCUT2D eigenvalue weighted by atomic mass is 16.5. The Bertz CT molecular complexity index is 384. The van der Waals surface area contributed by atoms with Crippen LogP contribution in [0.4, 0.5) is 0 Å². The number of rotatable bonds is 6. The van der Waals surface area contributed by atoms with E-state index < -0.39 is 5.91 Å². The summed E-state index contributed by atoms with van der Waals surface area (Å²) in [5.41, 5.74) is 6.41. The number of amides is 1. The Kier molecular flexibility index (Phi) is 5.20. The van der Waals surface area contributed by atoms with E-state index in [2.05, 4.69) is 0 Å². The molecule has 0 aliphatic carbocycles. The van der Waals surface area contributed by atoms with Crippen LogP contribution in [0.1, 0.15) is 42.1 Å². The van der Waals surface area contributed by atoms with Gasteiger partial charge >= 0.3 is 5.97 Å². The van der Waals surface area contributed by atoms with Crippen LogP contribution in [0.5, 0.6) is 0 Å². The van der Waals surface area contributed by atoms with E-state index in [-0.39, 0.29) is 12.6 Å². The van der Waals surface area contributed by atoms with Crippen LogP contribution >= 0.6 is 0 Å². The first-order valence-corrected chi connectivity index (χ1v) is 5.68. The zero-order chi connectivity index (χ0) is 12.7. The number of ether oxygens (including phenoxy) is 1. The Morgan fingerprint density at radius 3 is 2.41 bits per heavy atom. The van der Waals surface area contributed by atoms with Gasteiger partial charge in [-0.2, -0.15) is 0 Å². The predicted octanol–water partition coefficient (Wildman–Crippen LogP) is 2.02. The third kappa shape index (κ3) is 4.68. The minimum atomic E-state index is -0.462. The Hall–Kier alpha value is -1.84. The third-order valence-electron chi connectivity index (χ3n) is 2.37. The van der Waals surface area contributed by atoms with Crippen molar-refractivity contribution in [2.24, 2.45) is 5.73 Å². The second-order valence-electron chi connectivity index (χ2n) is 3.83. The fourth-order valence-corrected chi connectivity index (χ4v) is 1.32. The van der Waals surface area contributed by atoms with Crippen molar-refractivity contribution >= 4 is 11.9 Å². The molecular formula is C13H17NO3. The predicted molar refractivity (Wildman–Crippen MR) is 64.3 cm³/mol. The number of unbranched alkanes of at least 4 members (excludes halogenated alkanes) is 1. The van der Waals surface area contributed by atoms with Crippen LogP contribution in [-0.2, 0) is 16.1 Å². The minimum Gasteiger partial charge on any atom is -0.461 e. The van der Waals surface area contributed by atoms with Gasteiger partial charge in [-0.1, -0.05) is 25.5 Å². The maximum Gasteiger partial charge on any atom is 0.306 e. The zero-order valence-electron chi connectivity index (χ0n) is 9.94. The maximum absolute atomic E-state index is 11.3. The molecule has 0 fully saturated rings. The van der Waals surface area contributed by atoms with E-state index in [4.69, 9.17) is 10.5 Å². The second kappa shape index (κ2) is 6.68. The van der Waals surface area contributed by atoms with Crippen molar-refractivity contribution in [1.29, 1.82) is 0 Å². The summed E-state index contributed by atoms with van der Waals surface area (Å²) in [6, 6.07) is 6.70. The summed E-state index contributed by atoms with van der Waals surface area (Å²) in [4.78, 5) is 22.1. The molecule has 0 aliphatic heterocycles. The lowest BCUT2D eigenvalue weighted by atomic mass is 10.1. The summed E-state index contributed by atoms with van der Waals surface area (Å²) in [6.07, 6.45) is 2.28. The molecule has 17 heavy (non-hydrogen) atoms. The van der Waals surface area contributed by atoms with Gasteiger partial charge in [0.1, 0.15) is 6.61 Å². The fraction of sp³-hybridized carbons (Fsp3) is 0.385. The summed E-state index contributed by atoms with van der Waals surface area (Å²) in [6.45, 7) is 2.26. The first-order valence-electron chi connectivity index (χ1n) is 5.68. The quantitative estimate of drug-likeness (QED) is 0.767. The molecule has 4 nitrogen and oxygen atoms in total. The summed E-state index contributed by atoms with van der Waals surface area (Å²) in [7, 11) is 0. The lowest BCUT2D eigenvalue weighted by Crippen LogP contribution is -2.10. The van der Waals surface area contributed by atoms with Crippen molar-refractivity contribution in [2.75, 3.05) is 0 Å². The molecule has 0 saturated heterocycles. The average Bonchev–Trinajstić information content (AvgIpc) is 2.34. The van der Waals surface area contributed by atoms with Gasteiger partial charge in [-0.25, -0.2) is 0 Å². The number of carbonyl (C=O) groups excluding carboxylic acids is 2. The summed E-state index contributed by atoms with van der Waals surface area (Å²) >= 11 is 0. The number of primary amides is 1. The average molecular weight is 235 g/mol. The molecule has 1 aromatic carbocycles. The molecule has 1 rings (SSSR count). The fourth-order valence-electron chi connectivity index (χ4n) is 1.32. The van der Waals surface area contributed by atoms with Crippen molar-refractivity contribution in [3.63, 3.8) is 0 Å². The molecule has 0 radical (unpaired) electrons. The standard InChI is InChI=1S/C13H17NO3/c1-2-3-4-12(15)17-9-10-5-7-11(8-6-10)13(14)16/h5-8H,2-4,9H2,1H3,(H2,14,16). The molecule has 0 unspecified atom stereocenters. The molecule has 0 aliphatic rings. The van der Waals surface area contributed by atoms with Gasteiger partial charge in [-0.05, 0) is 24.1 Å². The lowest BCUT2D eigenvalue weighted by molar-refractivity contribution is -0.145. The second-order valence-corrected chi connectivity index (χ2v) is 3.83. The normalized spacial score (nSPS) is 9.94. The smallest absolute Gasteiger partial charge is 0.306 e. The number of hydrogen-bond acceptors (Lipinski definition) is 3. The topological polar surface area (TPSA) is 69.4 Å². The number of nitrogens with two attached hydrogens (primary N) is 1. The Morgan fingerprint density at radius 1 is 1.24 bits per heavy atom. The maximum atomic E-state index is 11.3. The summed E-state index contributed by atoms with van der Waals surface area (Å²) < 4.78 is 5.08. The number of hydrogen-bond donors (Lipinski definition) is 1. The first kappa shape index (κ1) is 13.2. The molecule has 92 valence electrons. The monoisotopic (exact) mass is 235 g/mol. The highest BCUT2D eigenvalue weighted by Crippen LogP contribution is 2.06. The van der Waals surface area contributed by atoms with Crippen LogP contribution in [0.25, 0.3) is 0 Å². The molecular weight excluding hydrogens is 218 g/mol. The zero-order valence-corrected chi connectivity index (χ0v) is 9.94. The van der Waals surface area contributed by atoms with Gasteiger partial charge in [0.05, 0.1) is 0 Å². The molecule has 0 bridgehead atoms. The summed E-state index contributed by atoms with van der Waals surface area (Å²) in [5, 5.41) is 0. The van der Waals surface area contributed by atoms with Crippen molar-refractivity contribution in [1.82, 2.24) is 0 Å². The van der Waals surface area contributed by atoms with Gasteiger partial charge in [0.15, 0.2) is 0 Å². The molecule has 1 amide bonds. The van der Waals surface area contributed by atoms with Crippen LogP contribution in [0, 0.1) is 0 Å². The number of benzene rings is 1. The van der Waals surface area contributed by atoms with E-state index >= 15 is 0 Å². The van der Waals surface area contributed by atoms with Gasteiger partial charge in [-0.3, -0.25) is 9.59 Å². The SMILES string of the molecule is CCCCC(=O)OCc1ccc(C(N)=O)cc1. The molecule has 0 aromatic heterocycles. The van der Waals surface area contributed by atoms with Gasteiger partial charge in [-0.15, -0.1) is 0 Å². The molecule has 0 saturated carbocycles. The van der Waals surface area contributed by atoms with E-state index in [0.29, 0.717) is 12.0 Å². The van der Waals surface area contributed by atoms with Gasteiger partial charge in [0.2, 0.25) is 5.91 Å². The number of esters is 1. The van der Waals surface area contributed by atoms with Crippen molar-refractivity contribution < 1.29 is 14.3 Å². The highest BCUT2D eigenvalue weighted by molar-refractivity contribution is 5.92. The Morgan fingerprint density at radius 2 is 1.88 bits per heavy atom. The van der Waals surface area contributed by atoms with E-state index in [9.17, 15) is 9.59 Å². The van der Waals surface area contributed by atoms with Gasteiger partial charge in [0, 0.05) is 12.0 Å². The van der Waals surface area contributed by atoms with Crippen molar-refractivity contribution in [3.05, 3.63) is 35.4 Å². The van der Waals surface area contributed by atoms with E-state index in [0.717, 1.165) is 18.4 Å². The van der Waals surface area contributed by atoms with Crippen LogP contribution in [0.15, 0.2) is 24.3 Å². The van der Waals surface area contributed by atoms with E-state index in [1.165, 1.54) is 0 Å². The Labute approximate surface area is 101 Å². The molecule has 0 heterocycles. The largest absolute Gasteiger partial charge is 0.461 e. The molecule has 2 N–H and O–H groups in total. The highest BCUT2D eigenvalue weighted by Gasteiger charge is 2.03. The van der Waals surface area contributed by atoms with Gasteiger partial charge < -0.3 is 10.5 Å². The van der Waals surface area contributed by atoms with Crippen LogP contribution in [-0.4, -0.2) is 11.9 Å². The Balaban J connectivity index is 2.42. The van der Waals surface area contributed by atoms with Crippen molar-refractivity contribution in [2.45, 2.75) is 32.8 Å².